The third kappa shape index (κ3) is 12.0. The molecule has 8 heterocycles. The molecule has 20 nitrogen and oxygen atoms in total. The van der Waals surface area contributed by atoms with E-state index < -0.39 is 0 Å². The molecule has 0 bridgehead atoms. The number of rotatable bonds is 19. The molecule has 0 spiro atoms. The standard InChI is InChI=1S/C22H20IN11S.C22H22IN9S/c23-13-3-4-14-16(10-13)31-18(30-14)5-8-25-9-6-19-32-20-21(28-12-29-22(20)35-19)27-11-17-15(33-34-24)2-1-7-26-17;23-13-3-4-15-16(10-13)31-18(30-15)5-8-25-9-6-19-32-20-21(28-12-29-22(20)33-19)27-11-17-14(24)2-1-7-26-17/h1-4,7,10,12,25H,5-6,8-9,11H2,(H,30,31)(H,27,28,29);1-4,7,10,12,25H,5-6,8-9,11,24H2,(H,30,31)(H,27,28,29). The second kappa shape index (κ2) is 22.7. The maximum Gasteiger partial charge on any atom is 0.157 e. The van der Waals surface area contributed by atoms with Gasteiger partial charge in [-0.25, -0.2) is 39.9 Å². The van der Waals surface area contributed by atoms with Gasteiger partial charge in [-0.05, 0) is 111 Å². The molecule has 0 aliphatic rings. The molecule has 0 fully saturated rings. The molecule has 24 heteroatoms. The summed E-state index contributed by atoms with van der Waals surface area (Å²) in [5.41, 5.74) is 23.0. The van der Waals surface area contributed by atoms with E-state index in [2.05, 4.69) is 157 Å². The van der Waals surface area contributed by atoms with Crippen molar-refractivity contribution in [2.24, 2.45) is 5.11 Å². The Hall–Kier alpha value is -6.29. The van der Waals surface area contributed by atoms with Crippen molar-refractivity contribution in [2.45, 2.75) is 38.8 Å². The zero-order valence-corrected chi connectivity index (χ0v) is 42.1. The molecule has 0 amide bonds. The molecular weight excluding hydrogens is 1130 g/mol. The topological polar surface area (TPSA) is 283 Å². The van der Waals surface area contributed by atoms with Crippen molar-refractivity contribution >= 4 is 134 Å². The van der Waals surface area contributed by atoms with Gasteiger partial charge in [-0.2, -0.15) is 0 Å². The highest BCUT2D eigenvalue weighted by molar-refractivity contribution is 14.1. The van der Waals surface area contributed by atoms with Crippen LogP contribution in [0.1, 0.15) is 33.1 Å². The highest BCUT2D eigenvalue weighted by Crippen LogP contribution is 2.27. The largest absolute Gasteiger partial charge is 0.397 e. The number of aromatic nitrogens is 12. The van der Waals surface area contributed by atoms with Crippen molar-refractivity contribution in [1.82, 2.24) is 70.4 Å². The zero-order chi connectivity index (χ0) is 46.7. The van der Waals surface area contributed by atoms with E-state index in [0.29, 0.717) is 41.8 Å². The summed E-state index contributed by atoms with van der Waals surface area (Å²) < 4.78 is 2.39. The lowest BCUT2D eigenvalue weighted by Gasteiger charge is -2.07. The highest BCUT2D eigenvalue weighted by atomic mass is 127. The van der Waals surface area contributed by atoms with Crippen LogP contribution in [0.3, 0.4) is 0 Å². The van der Waals surface area contributed by atoms with E-state index in [9.17, 15) is 0 Å². The molecule has 68 heavy (non-hydrogen) atoms. The molecule has 10 rings (SSSR count). The van der Waals surface area contributed by atoms with E-state index in [1.54, 1.807) is 53.5 Å². The lowest BCUT2D eigenvalue weighted by atomic mass is 10.3. The van der Waals surface area contributed by atoms with Crippen LogP contribution in [0.5, 0.6) is 0 Å². The van der Waals surface area contributed by atoms with Crippen LogP contribution < -0.4 is 27.0 Å². The first kappa shape index (κ1) is 46.8. The van der Waals surface area contributed by atoms with Gasteiger partial charge in [-0.1, -0.05) is 27.8 Å². The van der Waals surface area contributed by atoms with Crippen molar-refractivity contribution in [3.63, 3.8) is 0 Å². The molecule has 0 saturated heterocycles. The van der Waals surface area contributed by atoms with Crippen LogP contribution in [0, 0.1) is 7.14 Å². The first-order valence-corrected chi connectivity index (χ1v) is 25.2. The van der Waals surface area contributed by atoms with Crippen LogP contribution in [0.25, 0.3) is 53.2 Å². The van der Waals surface area contributed by atoms with Crippen LogP contribution in [0.4, 0.5) is 23.0 Å². The number of pyridine rings is 2. The Morgan fingerprint density at radius 1 is 0.618 bits per heavy atom. The number of aromatic amines is 2. The predicted molar refractivity (Wildman–Crippen MR) is 285 cm³/mol. The summed E-state index contributed by atoms with van der Waals surface area (Å²) in [4.78, 5) is 56.2. The number of H-pyrrole nitrogens is 2. The Bertz CT molecular complexity index is 3360. The summed E-state index contributed by atoms with van der Waals surface area (Å²) in [7, 11) is 0. The van der Waals surface area contributed by atoms with Gasteiger partial charge in [0.15, 0.2) is 11.6 Å². The third-order valence-corrected chi connectivity index (χ3v) is 13.8. The monoisotopic (exact) mass is 1170 g/mol. The fraction of sp³-hybridized carbons (Fsp3) is 0.227. The van der Waals surface area contributed by atoms with Crippen LogP contribution >= 0.6 is 67.9 Å². The minimum Gasteiger partial charge on any atom is -0.397 e. The van der Waals surface area contributed by atoms with Gasteiger partial charge in [0.2, 0.25) is 0 Å². The van der Waals surface area contributed by atoms with E-state index in [1.165, 1.54) is 13.5 Å². The van der Waals surface area contributed by atoms with E-state index in [4.69, 9.17) is 21.2 Å². The summed E-state index contributed by atoms with van der Waals surface area (Å²) in [5.74, 6) is 3.30. The molecule has 8 N–H and O–H groups in total. The highest BCUT2D eigenvalue weighted by Gasteiger charge is 2.14. The molecule has 0 aliphatic carbocycles. The molecule has 8 aromatic heterocycles. The lowest BCUT2D eigenvalue weighted by molar-refractivity contribution is 0.670. The van der Waals surface area contributed by atoms with Crippen molar-refractivity contribution in [1.29, 1.82) is 0 Å². The quantitative estimate of drug-likeness (QED) is 0.0132. The number of nitrogen functional groups attached to an aromatic ring is 1. The van der Waals surface area contributed by atoms with Crippen molar-refractivity contribution in [3.8, 4) is 0 Å². The maximum atomic E-state index is 8.75. The Morgan fingerprint density at radius 3 is 1.68 bits per heavy atom. The Morgan fingerprint density at radius 2 is 1.13 bits per heavy atom. The van der Waals surface area contributed by atoms with Crippen molar-refractivity contribution in [2.75, 3.05) is 42.5 Å². The fourth-order valence-corrected chi connectivity index (χ4v) is 9.85. The Balaban J connectivity index is 0.000000170. The van der Waals surface area contributed by atoms with Crippen LogP contribution in [0.15, 0.2) is 90.8 Å². The number of hydrogen-bond acceptors (Lipinski definition) is 18. The number of imidazole rings is 2. The van der Waals surface area contributed by atoms with Crippen molar-refractivity contribution in [3.05, 3.63) is 136 Å². The summed E-state index contributed by atoms with van der Waals surface area (Å²) in [6.45, 7) is 4.15. The number of nitrogens with one attached hydrogen (secondary N) is 6. The number of fused-ring (bicyclic) bond motifs is 4. The molecule has 344 valence electrons. The second-order valence-electron chi connectivity index (χ2n) is 15.1. The minimum absolute atomic E-state index is 0.358. The van der Waals surface area contributed by atoms with Crippen LogP contribution in [-0.4, -0.2) is 86.0 Å². The number of hydrogen-bond donors (Lipinski definition) is 7. The van der Waals surface area contributed by atoms with Crippen molar-refractivity contribution < 1.29 is 0 Å². The average Bonchev–Trinajstić information content (AvgIpc) is 4.16. The van der Waals surface area contributed by atoms with Crippen LogP contribution in [-0.2, 0) is 38.8 Å². The van der Waals surface area contributed by atoms with Gasteiger partial charge in [0, 0.05) is 76.3 Å². The lowest BCUT2D eigenvalue weighted by Crippen LogP contribution is -2.20. The molecule has 0 radical (unpaired) electrons. The number of nitrogens with zero attached hydrogens (tertiary/aromatic N) is 13. The molecule has 0 unspecified atom stereocenters. The van der Waals surface area contributed by atoms with Crippen LogP contribution in [0.2, 0.25) is 0 Å². The van der Waals surface area contributed by atoms with E-state index >= 15 is 0 Å². The van der Waals surface area contributed by atoms with E-state index in [-0.39, 0.29) is 0 Å². The molecule has 0 saturated carbocycles. The molecule has 0 aliphatic heterocycles. The number of benzene rings is 2. The van der Waals surface area contributed by atoms with Gasteiger partial charge in [0.25, 0.3) is 0 Å². The van der Waals surface area contributed by atoms with Gasteiger partial charge in [-0.3, -0.25) is 9.97 Å². The van der Waals surface area contributed by atoms with Gasteiger partial charge >= 0.3 is 0 Å². The molecule has 10 aromatic rings. The second-order valence-corrected chi connectivity index (χ2v) is 19.7. The number of nitrogens with two attached hydrogens (primary N) is 1. The first-order valence-electron chi connectivity index (χ1n) is 21.4. The van der Waals surface area contributed by atoms with Gasteiger partial charge in [0.1, 0.15) is 45.0 Å². The molecule has 2 aromatic carbocycles. The average molecular weight is 1170 g/mol. The normalized spacial score (nSPS) is 11.3. The summed E-state index contributed by atoms with van der Waals surface area (Å²) in [6.07, 6.45) is 9.76. The SMILES string of the molecule is Nc1cccnc1CNc1ncnc2sc(CCNCCc3nc4ccc(I)cc4[nH]3)nc12.[N-]=[N+]=Nc1cccnc1CNc1ncnc2sc(CCNCCc3nc4ccc(I)cc4[nH]3)nc12. The van der Waals surface area contributed by atoms with Gasteiger partial charge < -0.3 is 37.0 Å². The number of thiazole rings is 2. The molecular formula is C44H42I2N20S2. The maximum absolute atomic E-state index is 8.75. The van der Waals surface area contributed by atoms with Gasteiger partial charge in [-0.15, -0.1) is 0 Å². The Labute approximate surface area is 423 Å². The summed E-state index contributed by atoms with van der Waals surface area (Å²) >= 11 is 7.77. The molecule has 0 atom stereocenters. The number of azide groups is 1. The minimum atomic E-state index is 0.358. The van der Waals surface area contributed by atoms with E-state index in [0.717, 1.165) is 122 Å². The smallest absolute Gasteiger partial charge is 0.157 e. The summed E-state index contributed by atoms with van der Waals surface area (Å²) in [5, 5.41) is 19.2. The number of halogens is 2. The Kier molecular flexibility index (Phi) is 15.6. The third-order valence-electron chi connectivity index (χ3n) is 10.4. The number of anilines is 3. The summed E-state index contributed by atoms with van der Waals surface area (Å²) in [6, 6.07) is 19.6. The van der Waals surface area contributed by atoms with E-state index in [1.807, 2.05) is 18.2 Å². The fourth-order valence-electron chi connectivity index (χ4n) is 7.07. The predicted octanol–water partition coefficient (Wildman–Crippen LogP) is 8.42. The zero-order valence-electron chi connectivity index (χ0n) is 36.1. The first-order chi connectivity index (χ1) is 33.3. The van der Waals surface area contributed by atoms with Gasteiger partial charge in [0.05, 0.1) is 67.9 Å².